The SMILES string of the molecule is C=C(C)CN(CC)C(=O)CSc1nnc(N2CCCCC2)n1C1CC1. The van der Waals surface area contributed by atoms with Gasteiger partial charge in [0.05, 0.1) is 5.75 Å². The van der Waals surface area contributed by atoms with Crippen LogP contribution in [-0.4, -0.2) is 57.5 Å². The van der Waals surface area contributed by atoms with Gasteiger partial charge in [-0.25, -0.2) is 0 Å². The van der Waals surface area contributed by atoms with E-state index in [9.17, 15) is 4.79 Å². The summed E-state index contributed by atoms with van der Waals surface area (Å²) in [6.45, 7) is 11.3. The number of aromatic nitrogens is 3. The number of piperidine rings is 1. The fraction of sp³-hybridized carbons (Fsp3) is 0.722. The third-order valence-electron chi connectivity index (χ3n) is 4.72. The van der Waals surface area contributed by atoms with Crippen LogP contribution in [0.5, 0.6) is 0 Å². The van der Waals surface area contributed by atoms with Gasteiger partial charge in [0.25, 0.3) is 0 Å². The maximum atomic E-state index is 12.5. The van der Waals surface area contributed by atoms with Crippen molar-refractivity contribution in [1.82, 2.24) is 19.7 Å². The Bertz CT molecular complexity index is 619. The van der Waals surface area contributed by atoms with E-state index in [1.807, 2.05) is 18.7 Å². The first-order chi connectivity index (χ1) is 12.1. The van der Waals surface area contributed by atoms with Crippen LogP contribution in [0.1, 0.15) is 52.0 Å². The summed E-state index contributed by atoms with van der Waals surface area (Å²) in [6.07, 6.45) is 6.14. The fourth-order valence-corrected chi connectivity index (χ4v) is 4.15. The number of amides is 1. The molecule has 1 saturated heterocycles. The quantitative estimate of drug-likeness (QED) is 0.525. The molecule has 0 unspecified atom stereocenters. The minimum atomic E-state index is 0.139. The normalized spacial score (nSPS) is 17.6. The Morgan fingerprint density at radius 2 is 2.00 bits per heavy atom. The molecule has 2 fully saturated rings. The standard InChI is InChI=1S/C18H29N5OS/c1-4-21(12-14(2)3)16(24)13-25-18-20-19-17(23(18)15-8-9-15)22-10-6-5-7-11-22/h15H,2,4-13H2,1,3H3. The summed E-state index contributed by atoms with van der Waals surface area (Å²) in [5, 5.41) is 9.78. The molecule has 25 heavy (non-hydrogen) atoms. The minimum absolute atomic E-state index is 0.139. The molecule has 1 amide bonds. The summed E-state index contributed by atoms with van der Waals surface area (Å²) in [5.74, 6) is 1.55. The average Bonchev–Trinajstić information content (AvgIpc) is 3.37. The first kappa shape index (κ1) is 18.3. The third-order valence-corrected chi connectivity index (χ3v) is 5.65. The molecule has 138 valence electrons. The van der Waals surface area contributed by atoms with Gasteiger partial charge in [-0.3, -0.25) is 9.36 Å². The number of likely N-dealkylation sites (N-methyl/N-ethyl adjacent to an activating group) is 1. The highest BCUT2D eigenvalue weighted by Crippen LogP contribution is 2.41. The number of anilines is 1. The summed E-state index contributed by atoms with van der Waals surface area (Å²) in [4.78, 5) is 16.7. The van der Waals surface area contributed by atoms with Crippen LogP contribution in [0.15, 0.2) is 17.3 Å². The van der Waals surface area contributed by atoms with E-state index in [2.05, 4.69) is 26.2 Å². The van der Waals surface area contributed by atoms with Crippen LogP contribution in [-0.2, 0) is 4.79 Å². The Morgan fingerprint density at radius 1 is 1.28 bits per heavy atom. The van der Waals surface area contributed by atoms with E-state index < -0.39 is 0 Å². The topological polar surface area (TPSA) is 54.3 Å². The van der Waals surface area contributed by atoms with E-state index in [0.29, 0.717) is 24.9 Å². The van der Waals surface area contributed by atoms with Crippen LogP contribution in [0.4, 0.5) is 5.95 Å². The maximum Gasteiger partial charge on any atom is 0.233 e. The number of carbonyl (C=O) groups excluding carboxylic acids is 1. The Labute approximate surface area is 154 Å². The molecule has 0 atom stereocenters. The van der Waals surface area contributed by atoms with Crippen LogP contribution in [0.2, 0.25) is 0 Å². The van der Waals surface area contributed by atoms with Crippen molar-refractivity contribution in [2.24, 2.45) is 0 Å². The van der Waals surface area contributed by atoms with Crippen molar-refractivity contribution >= 4 is 23.6 Å². The Morgan fingerprint density at radius 3 is 2.60 bits per heavy atom. The molecular formula is C18H29N5OS. The zero-order chi connectivity index (χ0) is 17.8. The largest absolute Gasteiger partial charge is 0.341 e. The van der Waals surface area contributed by atoms with Gasteiger partial charge in [-0.2, -0.15) is 0 Å². The molecule has 1 aliphatic heterocycles. The van der Waals surface area contributed by atoms with Crippen molar-refractivity contribution in [2.45, 2.75) is 57.1 Å². The highest BCUT2D eigenvalue weighted by Gasteiger charge is 2.32. The average molecular weight is 364 g/mol. The van der Waals surface area contributed by atoms with Gasteiger partial charge in [-0.05, 0) is 46.0 Å². The number of hydrogen-bond donors (Lipinski definition) is 0. The van der Waals surface area contributed by atoms with Gasteiger partial charge >= 0.3 is 0 Å². The van der Waals surface area contributed by atoms with Gasteiger partial charge in [-0.15, -0.1) is 10.2 Å². The predicted octanol–water partition coefficient (Wildman–Crippen LogP) is 3.12. The summed E-state index contributed by atoms with van der Waals surface area (Å²) in [6, 6.07) is 0.516. The highest BCUT2D eigenvalue weighted by molar-refractivity contribution is 7.99. The second-order valence-electron chi connectivity index (χ2n) is 7.09. The molecule has 2 heterocycles. The van der Waals surface area contributed by atoms with Crippen LogP contribution >= 0.6 is 11.8 Å². The van der Waals surface area contributed by atoms with Crippen LogP contribution < -0.4 is 4.90 Å². The Hall–Kier alpha value is -1.50. The van der Waals surface area contributed by atoms with Crippen LogP contribution in [0, 0.1) is 0 Å². The molecule has 2 aliphatic rings. The second kappa shape index (κ2) is 8.25. The zero-order valence-electron chi connectivity index (χ0n) is 15.4. The van der Waals surface area contributed by atoms with Gasteiger partial charge < -0.3 is 9.80 Å². The summed E-state index contributed by atoms with van der Waals surface area (Å²) < 4.78 is 2.28. The lowest BCUT2D eigenvalue weighted by molar-refractivity contribution is -0.127. The van der Waals surface area contributed by atoms with Gasteiger partial charge in [0, 0.05) is 32.2 Å². The van der Waals surface area contributed by atoms with Gasteiger partial charge in [0.15, 0.2) is 5.16 Å². The summed E-state index contributed by atoms with van der Waals surface area (Å²) in [7, 11) is 0. The van der Waals surface area contributed by atoms with Crippen molar-refractivity contribution in [1.29, 1.82) is 0 Å². The Kier molecular flexibility index (Phi) is 6.04. The molecule has 1 saturated carbocycles. The van der Waals surface area contributed by atoms with E-state index in [-0.39, 0.29) is 5.91 Å². The molecule has 0 radical (unpaired) electrons. The van der Waals surface area contributed by atoms with Crippen LogP contribution in [0.25, 0.3) is 0 Å². The van der Waals surface area contributed by atoms with Crippen molar-refractivity contribution in [2.75, 3.05) is 36.8 Å². The summed E-state index contributed by atoms with van der Waals surface area (Å²) in [5.41, 5.74) is 1.01. The predicted molar refractivity (Wildman–Crippen MR) is 102 cm³/mol. The van der Waals surface area contributed by atoms with Gasteiger partial charge in [-0.1, -0.05) is 23.9 Å². The lowest BCUT2D eigenvalue weighted by Gasteiger charge is -2.27. The number of rotatable bonds is 8. The van der Waals surface area contributed by atoms with Gasteiger partial charge in [0.1, 0.15) is 0 Å². The van der Waals surface area contributed by atoms with Crippen molar-refractivity contribution in [3.8, 4) is 0 Å². The lowest BCUT2D eigenvalue weighted by atomic mass is 10.1. The molecule has 3 rings (SSSR count). The van der Waals surface area contributed by atoms with Crippen molar-refractivity contribution < 1.29 is 4.79 Å². The molecule has 1 aromatic rings. The van der Waals surface area contributed by atoms with E-state index in [0.717, 1.165) is 29.8 Å². The number of carbonyl (C=O) groups is 1. The molecule has 1 aliphatic carbocycles. The second-order valence-corrected chi connectivity index (χ2v) is 8.03. The van der Waals surface area contributed by atoms with Crippen LogP contribution in [0.3, 0.4) is 0 Å². The summed E-state index contributed by atoms with van der Waals surface area (Å²) >= 11 is 1.52. The molecule has 0 N–H and O–H groups in total. The molecule has 7 heteroatoms. The van der Waals surface area contributed by atoms with Crippen molar-refractivity contribution in [3.63, 3.8) is 0 Å². The van der Waals surface area contributed by atoms with E-state index >= 15 is 0 Å². The smallest absolute Gasteiger partial charge is 0.233 e. The van der Waals surface area contributed by atoms with Gasteiger partial charge in [0.2, 0.25) is 11.9 Å². The van der Waals surface area contributed by atoms with Crippen molar-refractivity contribution in [3.05, 3.63) is 12.2 Å². The maximum absolute atomic E-state index is 12.5. The monoisotopic (exact) mass is 363 g/mol. The molecular weight excluding hydrogens is 334 g/mol. The van der Waals surface area contributed by atoms with E-state index in [1.54, 1.807) is 0 Å². The first-order valence-electron chi connectivity index (χ1n) is 9.35. The number of nitrogens with zero attached hydrogens (tertiary/aromatic N) is 5. The highest BCUT2D eigenvalue weighted by atomic mass is 32.2. The molecule has 0 aromatic carbocycles. The third kappa shape index (κ3) is 4.57. The molecule has 0 spiro atoms. The number of thioether (sulfide) groups is 1. The number of hydrogen-bond acceptors (Lipinski definition) is 5. The first-order valence-corrected chi connectivity index (χ1v) is 10.3. The molecule has 6 nitrogen and oxygen atoms in total. The molecule has 1 aromatic heterocycles. The van der Waals surface area contributed by atoms with E-state index in [1.165, 1.54) is 43.9 Å². The Balaban J connectivity index is 1.67. The van der Waals surface area contributed by atoms with E-state index in [4.69, 9.17) is 0 Å². The molecule has 0 bridgehead atoms. The lowest BCUT2D eigenvalue weighted by Crippen LogP contribution is -2.33. The zero-order valence-corrected chi connectivity index (χ0v) is 16.2. The minimum Gasteiger partial charge on any atom is -0.341 e. The fourth-order valence-electron chi connectivity index (χ4n) is 3.25.